The number of amides is 3. The van der Waals surface area contributed by atoms with Gasteiger partial charge in [0.1, 0.15) is 23.6 Å². The number of benzene rings is 2. The van der Waals surface area contributed by atoms with Crippen molar-refractivity contribution < 1.29 is 24.6 Å². The minimum absolute atomic E-state index is 0.0171. The maximum Gasteiger partial charge on any atom is 0.243 e. The van der Waals surface area contributed by atoms with E-state index in [0.29, 0.717) is 35.2 Å². The summed E-state index contributed by atoms with van der Waals surface area (Å²) in [7, 11) is 0. The molecule has 2 aromatic carbocycles. The third-order valence-electron chi connectivity index (χ3n) is 5.68. The van der Waals surface area contributed by atoms with E-state index in [0.717, 1.165) is 0 Å². The molecule has 10 heteroatoms. The molecule has 0 saturated carbocycles. The summed E-state index contributed by atoms with van der Waals surface area (Å²) < 4.78 is 0. The number of hydrogen-bond acceptors (Lipinski definition) is 7. The highest BCUT2D eigenvalue weighted by Gasteiger charge is 2.28. The molecule has 2 aromatic rings. The maximum absolute atomic E-state index is 12.9. The fraction of sp³-hybridized carbons (Fsp3) is 0.348. The summed E-state index contributed by atoms with van der Waals surface area (Å²) in [6.07, 6.45) is 0.655. The molecule has 1 aliphatic heterocycles. The van der Waals surface area contributed by atoms with Crippen LogP contribution in [0.4, 0.5) is 0 Å². The average molecular weight is 456 g/mol. The molecular formula is C23H29N5O5. The van der Waals surface area contributed by atoms with Crippen molar-refractivity contribution in [2.24, 2.45) is 17.2 Å². The van der Waals surface area contributed by atoms with Gasteiger partial charge in [-0.2, -0.15) is 0 Å². The zero-order valence-electron chi connectivity index (χ0n) is 18.1. The predicted octanol–water partition coefficient (Wildman–Crippen LogP) is -0.615. The molecule has 0 aromatic heterocycles. The van der Waals surface area contributed by atoms with Crippen LogP contribution in [-0.4, -0.2) is 52.6 Å². The van der Waals surface area contributed by atoms with Gasteiger partial charge >= 0.3 is 0 Å². The molecule has 1 aliphatic rings. The van der Waals surface area contributed by atoms with Crippen molar-refractivity contribution in [2.75, 3.05) is 6.54 Å². The highest BCUT2D eigenvalue weighted by molar-refractivity contribution is 5.93. The molecule has 0 saturated heterocycles. The molecule has 1 heterocycles. The Bertz CT molecular complexity index is 1060. The van der Waals surface area contributed by atoms with Crippen LogP contribution < -0.4 is 27.8 Å². The highest BCUT2D eigenvalue weighted by atomic mass is 16.3. The number of phenolic OH excluding ortho intramolecular Hbond substituents is 2. The van der Waals surface area contributed by atoms with Gasteiger partial charge in [-0.3, -0.25) is 14.4 Å². The number of phenols is 2. The van der Waals surface area contributed by atoms with Crippen LogP contribution in [0.15, 0.2) is 36.4 Å². The van der Waals surface area contributed by atoms with E-state index in [1.54, 1.807) is 24.3 Å². The van der Waals surface area contributed by atoms with Gasteiger partial charge in [-0.1, -0.05) is 12.1 Å². The van der Waals surface area contributed by atoms with Gasteiger partial charge in [0, 0.05) is 12.8 Å². The Labute approximate surface area is 191 Å². The van der Waals surface area contributed by atoms with Gasteiger partial charge in [-0.25, -0.2) is 0 Å². The number of hydrogen-bond donors (Lipinski definition) is 7. The lowest BCUT2D eigenvalue weighted by Gasteiger charge is -2.23. The average Bonchev–Trinajstić information content (AvgIpc) is 2.78. The van der Waals surface area contributed by atoms with Gasteiger partial charge in [-0.15, -0.1) is 0 Å². The second kappa shape index (κ2) is 10.3. The summed E-state index contributed by atoms with van der Waals surface area (Å²) >= 11 is 0. The summed E-state index contributed by atoms with van der Waals surface area (Å²) in [5.74, 6) is -2.05. The van der Waals surface area contributed by atoms with Crippen molar-refractivity contribution in [3.8, 4) is 22.6 Å². The number of carbonyl (C=O) groups is 3. The minimum atomic E-state index is -1.12. The Morgan fingerprint density at radius 2 is 1.52 bits per heavy atom. The third kappa shape index (κ3) is 5.79. The van der Waals surface area contributed by atoms with E-state index < -0.39 is 35.8 Å². The molecule has 0 unspecified atom stereocenters. The van der Waals surface area contributed by atoms with Crippen LogP contribution >= 0.6 is 0 Å². The van der Waals surface area contributed by atoms with Gasteiger partial charge < -0.3 is 38.0 Å². The van der Waals surface area contributed by atoms with Crippen molar-refractivity contribution in [2.45, 2.75) is 43.8 Å². The molecule has 0 radical (unpaired) electrons. The number of primary amides is 1. The lowest BCUT2D eigenvalue weighted by Crippen LogP contribution is -2.56. The fourth-order valence-corrected chi connectivity index (χ4v) is 3.77. The van der Waals surface area contributed by atoms with Crippen molar-refractivity contribution in [1.29, 1.82) is 0 Å². The van der Waals surface area contributed by atoms with Crippen molar-refractivity contribution in [1.82, 2.24) is 10.6 Å². The van der Waals surface area contributed by atoms with E-state index in [-0.39, 0.29) is 30.8 Å². The topological polar surface area (TPSA) is 194 Å². The van der Waals surface area contributed by atoms with E-state index in [2.05, 4.69) is 10.6 Å². The second-order valence-electron chi connectivity index (χ2n) is 8.16. The van der Waals surface area contributed by atoms with Gasteiger partial charge in [-0.05, 0) is 65.9 Å². The molecule has 176 valence electrons. The Morgan fingerprint density at radius 3 is 2.06 bits per heavy atom. The van der Waals surface area contributed by atoms with Crippen LogP contribution in [-0.2, 0) is 27.2 Å². The Hall–Kier alpha value is -3.63. The predicted molar refractivity (Wildman–Crippen MR) is 122 cm³/mol. The van der Waals surface area contributed by atoms with Crippen LogP contribution in [0, 0.1) is 0 Å². The molecule has 10 N–H and O–H groups in total. The number of nitrogens with one attached hydrogen (secondary N) is 2. The van der Waals surface area contributed by atoms with Crippen LogP contribution in [0.2, 0.25) is 0 Å². The first kappa shape index (κ1) is 24.0. The van der Waals surface area contributed by atoms with E-state index in [9.17, 15) is 24.6 Å². The van der Waals surface area contributed by atoms with Crippen LogP contribution in [0.25, 0.3) is 11.1 Å². The Kier molecular flexibility index (Phi) is 7.52. The number of nitrogens with two attached hydrogens (primary N) is 3. The minimum Gasteiger partial charge on any atom is -0.508 e. The first-order chi connectivity index (χ1) is 15.7. The number of aromatic hydroxyl groups is 2. The molecule has 33 heavy (non-hydrogen) atoms. The first-order valence-corrected chi connectivity index (χ1v) is 10.7. The van der Waals surface area contributed by atoms with Gasteiger partial charge in [0.15, 0.2) is 0 Å². The molecule has 10 nitrogen and oxygen atoms in total. The van der Waals surface area contributed by atoms with E-state index in [1.807, 2.05) is 0 Å². The fourth-order valence-electron chi connectivity index (χ4n) is 3.77. The molecule has 3 atom stereocenters. The molecule has 3 amide bonds. The van der Waals surface area contributed by atoms with Gasteiger partial charge in [0.25, 0.3) is 0 Å². The Balaban J connectivity index is 2.08. The zero-order valence-corrected chi connectivity index (χ0v) is 18.1. The van der Waals surface area contributed by atoms with E-state index in [4.69, 9.17) is 17.2 Å². The largest absolute Gasteiger partial charge is 0.508 e. The summed E-state index contributed by atoms with van der Waals surface area (Å²) in [4.78, 5) is 37.7. The summed E-state index contributed by atoms with van der Waals surface area (Å²) in [6, 6.07) is 6.60. The maximum atomic E-state index is 12.9. The van der Waals surface area contributed by atoms with E-state index >= 15 is 0 Å². The number of carbonyl (C=O) groups excluding carboxylic acids is 3. The quantitative estimate of drug-likeness (QED) is 0.319. The van der Waals surface area contributed by atoms with Crippen LogP contribution in [0.5, 0.6) is 11.5 Å². The Morgan fingerprint density at radius 1 is 0.939 bits per heavy atom. The SMILES string of the molecule is NCCC[C@@H]1NC(=O)[C@@H](N)Cc2cc(ccc2O)-c2ccc(O)c(c2)C[C@@H](C(N)=O)NC1=O. The normalized spacial score (nSPS) is 21.3. The van der Waals surface area contributed by atoms with E-state index in [1.165, 1.54) is 12.1 Å². The zero-order chi connectivity index (χ0) is 24.1. The van der Waals surface area contributed by atoms with Crippen molar-refractivity contribution in [3.05, 3.63) is 47.5 Å². The van der Waals surface area contributed by atoms with Crippen LogP contribution in [0.1, 0.15) is 24.0 Å². The third-order valence-corrected chi connectivity index (χ3v) is 5.68. The molecule has 0 fully saturated rings. The number of fused-ring (bicyclic) bond motifs is 5. The van der Waals surface area contributed by atoms with Crippen molar-refractivity contribution in [3.63, 3.8) is 0 Å². The van der Waals surface area contributed by atoms with Crippen molar-refractivity contribution >= 4 is 17.7 Å². The molecular weight excluding hydrogens is 426 g/mol. The molecule has 4 bridgehead atoms. The number of rotatable bonds is 4. The summed E-state index contributed by atoms with van der Waals surface area (Å²) in [5, 5.41) is 25.8. The molecule has 0 spiro atoms. The molecule has 0 aliphatic carbocycles. The van der Waals surface area contributed by atoms with Gasteiger partial charge in [0.2, 0.25) is 17.7 Å². The van der Waals surface area contributed by atoms with Crippen LogP contribution in [0.3, 0.4) is 0 Å². The summed E-state index contributed by atoms with van der Waals surface area (Å²) in [5.41, 5.74) is 19.4. The van der Waals surface area contributed by atoms with Gasteiger partial charge in [0.05, 0.1) is 6.04 Å². The highest BCUT2D eigenvalue weighted by Crippen LogP contribution is 2.30. The standard InChI is InChI=1S/C23H29N5O5/c24-7-1-2-17-23(33)28-18(21(26)31)11-15-9-13(4-6-20(15)30)12-3-5-19(29)14(8-12)10-16(25)22(32)27-17/h3-6,8-9,16-18,29-30H,1-2,7,10-11,24-25H2,(H2,26,31)(H,27,32)(H,28,33)/t16-,17-,18-/m0/s1. The smallest absolute Gasteiger partial charge is 0.243 e. The molecule has 3 rings (SSSR count). The lowest BCUT2D eigenvalue weighted by atomic mass is 9.95. The first-order valence-electron chi connectivity index (χ1n) is 10.7. The lowest BCUT2D eigenvalue weighted by molar-refractivity contribution is -0.131. The summed E-state index contributed by atoms with van der Waals surface area (Å²) in [6.45, 7) is 0.298. The monoisotopic (exact) mass is 455 g/mol. The second-order valence-corrected chi connectivity index (χ2v) is 8.16.